The third-order valence-corrected chi connectivity index (χ3v) is 2.35. The van der Waals surface area contributed by atoms with Gasteiger partial charge in [0.1, 0.15) is 5.82 Å². The van der Waals surface area contributed by atoms with Crippen LogP contribution in [0.15, 0.2) is 24.5 Å². The zero-order valence-corrected chi connectivity index (χ0v) is 9.34. The molecule has 0 spiro atoms. The molecule has 5 nitrogen and oxygen atoms in total. The van der Waals surface area contributed by atoms with Gasteiger partial charge in [0.2, 0.25) is 5.88 Å². The van der Waals surface area contributed by atoms with E-state index in [1.54, 1.807) is 25.4 Å². The first kappa shape index (κ1) is 10.5. The highest BCUT2D eigenvalue weighted by Crippen LogP contribution is 2.20. The molecule has 2 rings (SSSR count). The van der Waals surface area contributed by atoms with Gasteiger partial charge in [-0.05, 0) is 6.07 Å². The molecule has 0 saturated heterocycles. The number of nitrogens with two attached hydrogens (primary N) is 1. The largest absolute Gasteiger partial charge is 0.481 e. The Labute approximate surface area is 93.9 Å². The number of nitrogen functional groups attached to an aromatic ring is 1. The van der Waals surface area contributed by atoms with Crippen molar-refractivity contribution in [3.05, 3.63) is 30.4 Å². The first-order valence-electron chi connectivity index (χ1n) is 5.09. The van der Waals surface area contributed by atoms with Crippen LogP contribution in [-0.4, -0.2) is 21.6 Å². The Kier molecular flexibility index (Phi) is 2.76. The van der Waals surface area contributed by atoms with Crippen LogP contribution in [0.3, 0.4) is 0 Å². The lowest BCUT2D eigenvalue weighted by atomic mass is 10.3. The lowest BCUT2D eigenvalue weighted by Gasteiger charge is -2.09. The van der Waals surface area contributed by atoms with E-state index in [9.17, 15) is 0 Å². The van der Waals surface area contributed by atoms with Gasteiger partial charge in [-0.3, -0.25) is 4.57 Å². The summed E-state index contributed by atoms with van der Waals surface area (Å²) >= 11 is 0. The third-order valence-electron chi connectivity index (χ3n) is 2.35. The van der Waals surface area contributed by atoms with Gasteiger partial charge in [0.05, 0.1) is 12.8 Å². The molecule has 0 radical (unpaired) electrons. The van der Waals surface area contributed by atoms with Gasteiger partial charge in [0.15, 0.2) is 5.82 Å². The summed E-state index contributed by atoms with van der Waals surface area (Å²) in [5.41, 5.74) is 6.50. The molecule has 0 aliphatic carbocycles. The van der Waals surface area contributed by atoms with Crippen LogP contribution in [-0.2, 0) is 6.42 Å². The average molecular weight is 218 g/mol. The van der Waals surface area contributed by atoms with E-state index in [0.717, 1.165) is 12.2 Å². The van der Waals surface area contributed by atoms with E-state index in [4.69, 9.17) is 10.5 Å². The van der Waals surface area contributed by atoms with E-state index in [0.29, 0.717) is 17.4 Å². The molecule has 2 N–H and O–H groups in total. The van der Waals surface area contributed by atoms with Crippen molar-refractivity contribution in [2.75, 3.05) is 12.8 Å². The first-order chi connectivity index (χ1) is 7.76. The van der Waals surface area contributed by atoms with Gasteiger partial charge >= 0.3 is 0 Å². The number of anilines is 1. The Hall–Kier alpha value is -2.04. The van der Waals surface area contributed by atoms with Crippen molar-refractivity contribution in [2.45, 2.75) is 13.3 Å². The first-order valence-corrected chi connectivity index (χ1v) is 5.09. The standard InChI is InChI=1S/C11H14N4O/c1-3-9-13-6-7-15(9)11-8(12)4-5-10(14-11)16-2/h4-7H,3,12H2,1-2H3. The van der Waals surface area contributed by atoms with E-state index < -0.39 is 0 Å². The highest BCUT2D eigenvalue weighted by Gasteiger charge is 2.09. The summed E-state index contributed by atoms with van der Waals surface area (Å²) in [4.78, 5) is 8.55. The second-order valence-corrected chi connectivity index (χ2v) is 3.33. The van der Waals surface area contributed by atoms with Gasteiger partial charge < -0.3 is 10.5 Å². The van der Waals surface area contributed by atoms with Crippen LogP contribution in [0.1, 0.15) is 12.7 Å². The maximum atomic E-state index is 5.89. The van der Waals surface area contributed by atoms with Crippen LogP contribution in [0, 0.1) is 0 Å². The van der Waals surface area contributed by atoms with Crippen LogP contribution in [0.25, 0.3) is 5.82 Å². The number of ether oxygens (including phenoxy) is 1. The zero-order chi connectivity index (χ0) is 11.5. The second kappa shape index (κ2) is 4.22. The second-order valence-electron chi connectivity index (χ2n) is 3.33. The molecular formula is C11H14N4O. The summed E-state index contributed by atoms with van der Waals surface area (Å²) in [6, 6.07) is 3.52. The Morgan fingerprint density at radius 2 is 2.25 bits per heavy atom. The fourth-order valence-corrected chi connectivity index (χ4v) is 1.54. The molecule has 0 bridgehead atoms. The summed E-state index contributed by atoms with van der Waals surface area (Å²) < 4.78 is 6.95. The summed E-state index contributed by atoms with van der Waals surface area (Å²) in [5.74, 6) is 2.13. The molecule has 0 fully saturated rings. The molecule has 2 aromatic heterocycles. The molecule has 16 heavy (non-hydrogen) atoms. The zero-order valence-electron chi connectivity index (χ0n) is 9.34. The molecule has 0 aromatic carbocycles. The van der Waals surface area contributed by atoms with Gasteiger partial charge in [0.25, 0.3) is 0 Å². The minimum atomic E-state index is 0.542. The van der Waals surface area contributed by atoms with Crippen molar-refractivity contribution in [1.82, 2.24) is 14.5 Å². The number of hydrogen-bond acceptors (Lipinski definition) is 4. The minimum absolute atomic E-state index is 0.542. The fourth-order valence-electron chi connectivity index (χ4n) is 1.54. The topological polar surface area (TPSA) is 66.0 Å². The van der Waals surface area contributed by atoms with Crippen LogP contribution in [0.2, 0.25) is 0 Å². The maximum Gasteiger partial charge on any atom is 0.215 e. The number of hydrogen-bond donors (Lipinski definition) is 1. The normalized spacial score (nSPS) is 10.4. The van der Waals surface area contributed by atoms with E-state index >= 15 is 0 Å². The maximum absolute atomic E-state index is 5.89. The quantitative estimate of drug-likeness (QED) is 0.846. The highest BCUT2D eigenvalue weighted by atomic mass is 16.5. The molecule has 0 saturated carbocycles. The van der Waals surface area contributed by atoms with E-state index in [1.165, 1.54) is 0 Å². The van der Waals surface area contributed by atoms with Crippen LogP contribution >= 0.6 is 0 Å². The highest BCUT2D eigenvalue weighted by molar-refractivity contribution is 5.54. The lowest BCUT2D eigenvalue weighted by Crippen LogP contribution is -2.06. The Morgan fingerprint density at radius 3 is 2.94 bits per heavy atom. The molecule has 0 amide bonds. The summed E-state index contributed by atoms with van der Waals surface area (Å²) in [7, 11) is 1.58. The molecular weight excluding hydrogens is 204 g/mol. The minimum Gasteiger partial charge on any atom is -0.481 e. The van der Waals surface area contributed by atoms with Crippen molar-refractivity contribution in [3.63, 3.8) is 0 Å². The lowest BCUT2D eigenvalue weighted by molar-refractivity contribution is 0.397. The fraction of sp³-hybridized carbons (Fsp3) is 0.273. The van der Waals surface area contributed by atoms with Crippen molar-refractivity contribution in [3.8, 4) is 11.7 Å². The molecule has 0 unspecified atom stereocenters. The Bertz CT molecular complexity index is 492. The monoisotopic (exact) mass is 218 g/mol. The molecule has 5 heteroatoms. The summed E-state index contributed by atoms with van der Waals surface area (Å²) in [6.45, 7) is 2.04. The van der Waals surface area contributed by atoms with Crippen molar-refractivity contribution in [1.29, 1.82) is 0 Å². The smallest absolute Gasteiger partial charge is 0.215 e. The van der Waals surface area contributed by atoms with Crippen molar-refractivity contribution >= 4 is 5.69 Å². The number of nitrogens with zero attached hydrogens (tertiary/aromatic N) is 3. The predicted octanol–water partition coefficient (Wildman–Crippen LogP) is 1.42. The number of imidazole rings is 1. The number of methoxy groups -OCH3 is 1. The third kappa shape index (κ3) is 1.71. The van der Waals surface area contributed by atoms with Crippen molar-refractivity contribution in [2.24, 2.45) is 0 Å². The van der Waals surface area contributed by atoms with E-state index in [-0.39, 0.29) is 0 Å². The van der Waals surface area contributed by atoms with Crippen LogP contribution in [0.4, 0.5) is 5.69 Å². The molecule has 0 aliphatic heterocycles. The molecule has 0 aliphatic rings. The van der Waals surface area contributed by atoms with Crippen molar-refractivity contribution < 1.29 is 4.74 Å². The Balaban J connectivity index is 2.54. The number of aryl methyl sites for hydroxylation is 1. The Morgan fingerprint density at radius 1 is 1.44 bits per heavy atom. The molecule has 0 atom stereocenters. The SMILES string of the molecule is CCc1nccn1-c1nc(OC)ccc1N. The number of pyridine rings is 1. The average Bonchev–Trinajstić information content (AvgIpc) is 2.77. The molecule has 2 aromatic rings. The van der Waals surface area contributed by atoms with Crippen LogP contribution < -0.4 is 10.5 Å². The summed E-state index contributed by atoms with van der Waals surface area (Å²) in [6.07, 6.45) is 4.40. The molecule has 84 valence electrons. The van der Waals surface area contributed by atoms with E-state index in [1.807, 2.05) is 17.7 Å². The van der Waals surface area contributed by atoms with Gasteiger partial charge in [-0.2, -0.15) is 4.98 Å². The number of rotatable bonds is 3. The van der Waals surface area contributed by atoms with Gasteiger partial charge in [-0.25, -0.2) is 4.98 Å². The van der Waals surface area contributed by atoms with Gasteiger partial charge in [0, 0.05) is 24.9 Å². The van der Waals surface area contributed by atoms with E-state index in [2.05, 4.69) is 9.97 Å². The summed E-state index contributed by atoms with van der Waals surface area (Å²) in [5, 5.41) is 0. The van der Waals surface area contributed by atoms with Crippen LogP contribution in [0.5, 0.6) is 5.88 Å². The predicted molar refractivity (Wildman–Crippen MR) is 61.7 cm³/mol. The number of aromatic nitrogens is 3. The van der Waals surface area contributed by atoms with Gasteiger partial charge in [-0.15, -0.1) is 0 Å². The molecule has 2 heterocycles. The van der Waals surface area contributed by atoms with Gasteiger partial charge in [-0.1, -0.05) is 6.92 Å².